The minimum Gasteiger partial charge on any atom is -0.444 e. The Balaban J connectivity index is 0.000000722. The van der Waals surface area contributed by atoms with Crippen LogP contribution in [0.3, 0.4) is 0 Å². The van der Waals surface area contributed by atoms with Gasteiger partial charge in [0.05, 0.1) is 37.5 Å². The molecule has 0 aromatic heterocycles. The van der Waals surface area contributed by atoms with Gasteiger partial charge >= 0.3 is 12.2 Å². The largest absolute Gasteiger partial charge is 0.444 e. The molecule has 2 N–H and O–H groups in total. The maximum atomic E-state index is 12.3. The summed E-state index contributed by atoms with van der Waals surface area (Å²) in [6.45, 7) is 23.1. The monoisotopic (exact) mass is 562 g/mol. The number of amides is 2. The van der Waals surface area contributed by atoms with E-state index in [2.05, 4.69) is 0 Å². The maximum Gasteiger partial charge on any atom is 0.412 e. The average Bonchev–Trinajstić information content (AvgIpc) is 3.19. The van der Waals surface area contributed by atoms with Gasteiger partial charge in [-0.15, -0.1) is 0 Å². The van der Waals surface area contributed by atoms with Gasteiger partial charge in [0.25, 0.3) is 0 Å². The highest BCUT2D eigenvalue weighted by molar-refractivity contribution is 5.70. The summed E-state index contributed by atoms with van der Waals surface area (Å²) in [4.78, 5) is 27.8. The molecule has 2 aliphatic rings. The van der Waals surface area contributed by atoms with Gasteiger partial charge in [-0.2, -0.15) is 0 Å². The van der Waals surface area contributed by atoms with Crippen LogP contribution < -0.4 is 0 Å². The summed E-state index contributed by atoms with van der Waals surface area (Å²) in [5, 5.41) is 19.6. The number of rotatable bonds is 6. The highest BCUT2D eigenvalue weighted by Gasteiger charge is 2.47. The summed E-state index contributed by atoms with van der Waals surface area (Å²) < 4.78 is 22.2. The van der Waals surface area contributed by atoms with Gasteiger partial charge in [-0.3, -0.25) is 9.80 Å². The van der Waals surface area contributed by atoms with Crippen LogP contribution in [0.15, 0.2) is 0 Å². The molecular formula is C29H58N2O8. The molecule has 0 unspecified atom stereocenters. The van der Waals surface area contributed by atoms with Crippen LogP contribution in [0.25, 0.3) is 0 Å². The van der Waals surface area contributed by atoms with Crippen molar-refractivity contribution in [1.82, 2.24) is 9.80 Å². The number of hydrogen-bond donors (Lipinski definition) is 2. The van der Waals surface area contributed by atoms with Gasteiger partial charge in [-0.05, 0) is 94.9 Å². The Bertz CT molecular complexity index is 708. The molecule has 2 fully saturated rings. The second-order valence-corrected chi connectivity index (χ2v) is 13.1. The average molecular weight is 563 g/mol. The molecule has 0 aliphatic carbocycles. The molecule has 2 heterocycles. The van der Waals surface area contributed by atoms with Crippen molar-refractivity contribution in [3.8, 4) is 0 Å². The van der Waals surface area contributed by atoms with E-state index in [1.165, 1.54) is 0 Å². The zero-order chi connectivity index (χ0) is 29.7. The van der Waals surface area contributed by atoms with E-state index in [-0.39, 0.29) is 31.7 Å². The number of aliphatic hydroxyl groups excluding tert-OH is 2. The third kappa shape index (κ3) is 11.8. The van der Waals surface area contributed by atoms with Crippen LogP contribution in [0.4, 0.5) is 9.59 Å². The van der Waals surface area contributed by atoms with Gasteiger partial charge in [0, 0.05) is 0 Å². The van der Waals surface area contributed by atoms with Crippen molar-refractivity contribution in [1.29, 1.82) is 0 Å². The van der Waals surface area contributed by atoms with Crippen molar-refractivity contribution in [2.75, 3.05) is 13.2 Å². The van der Waals surface area contributed by atoms with Crippen molar-refractivity contribution in [2.24, 2.45) is 0 Å². The molecule has 0 radical (unpaired) electrons. The minimum absolute atomic E-state index is 0. The van der Waals surface area contributed by atoms with Gasteiger partial charge in [0.2, 0.25) is 0 Å². The fourth-order valence-corrected chi connectivity index (χ4v) is 4.44. The molecule has 2 saturated heterocycles. The summed E-state index contributed by atoms with van der Waals surface area (Å²) in [6, 6.07) is -0.278. The lowest BCUT2D eigenvalue weighted by Gasteiger charge is -2.35. The van der Waals surface area contributed by atoms with Crippen LogP contribution in [-0.4, -0.2) is 92.4 Å². The van der Waals surface area contributed by atoms with E-state index in [4.69, 9.17) is 18.9 Å². The summed E-state index contributed by atoms with van der Waals surface area (Å²) in [5.74, 6) is 0. The summed E-state index contributed by atoms with van der Waals surface area (Å²) >= 11 is 0. The van der Waals surface area contributed by atoms with E-state index in [0.717, 1.165) is 0 Å². The molecular weight excluding hydrogens is 504 g/mol. The first kappa shape index (κ1) is 37.4. The van der Waals surface area contributed by atoms with Crippen molar-refractivity contribution in [3.05, 3.63) is 0 Å². The smallest absolute Gasteiger partial charge is 0.412 e. The first-order valence-electron chi connectivity index (χ1n) is 13.8. The normalized spacial score (nSPS) is 23.7. The molecule has 232 valence electrons. The van der Waals surface area contributed by atoms with E-state index in [1.807, 2.05) is 83.1 Å². The Morgan fingerprint density at radius 3 is 1.28 bits per heavy atom. The fraction of sp³-hybridized carbons (Fsp3) is 0.931. The zero-order valence-electron chi connectivity index (χ0n) is 25.8. The molecule has 0 saturated carbocycles. The topological polar surface area (TPSA) is 118 Å². The SMILES string of the molecule is C.CC[C@@H](O)C[C@H]1COC(C)(C)N1C(=O)OC(C)(C)C.CC[C@H](O)C[C@H]1COC(C)(C)N1C(=O)OC(C)(C)C. The zero-order valence-corrected chi connectivity index (χ0v) is 25.8. The van der Waals surface area contributed by atoms with Crippen LogP contribution in [0.1, 0.15) is 116 Å². The first-order valence-corrected chi connectivity index (χ1v) is 13.8. The second-order valence-electron chi connectivity index (χ2n) is 13.1. The highest BCUT2D eigenvalue weighted by Crippen LogP contribution is 2.33. The van der Waals surface area contributed by atoms with Gasteiger partial charge in [0.1, 0.15) is 22.7 Å². The van der Waals surface area contributed by atoms with E-state index < -0.39 is 34.9 Å². The first-order chi connectivity index (χ1) is 17.1. The number of aliphatic hydroxyl groups is 2. The third-order valence-corrected chi connectivity index (χ3v) is 6.36. The van der Waals surface area contributed by atoms with Gasteiger partial charge in [-0.25, -0.2) is 9.59 Å². The molecule has 0 aromatic carbocycles. The highest BCUT2D eigenvalue weighted by atomic mass is 16.6. The van der Waals surface area contributed by atoms with Gasteiger partial charge < -0.3 is 29.2 Å². The maximum absolute atomic E-state index is 12.3. The van der Waals surface area contributed by atoms with Crippen LogP contribution >= 0.6 is 0 Å². The van der Waals surface area contributed by atoms with Crippen molar-refractivity contribution in [2.45, 2.75) is 163 Å². The standard InChI is InChI=1S/2C14H27NO4.CH4/c2*1-7-11(16)8-10-9-18-14(5,6)15(10)12(17)19-13(2,3)4;/h2*10-11,16H,7-9H2,1-6H3;1H4/t10-,11+;10-,11-;/m00./s1. The van der Waals surface area contributed by atoms with E-state index in [1.54, 1.807) is 9.80 Å². The molecule has 39 heavy (non-hydrogen) atoms. The molecule has 10 nitrogen and oxygen atoms in total. The molecule has 0 bridgehead atoms. The lowest BCUT2D eigenvalue weighted by atomic mass is 10.1. The second kappa shape index (κ2) is 14.3. The van der Waals surface area contributed by atoms with E-state index in [9.17, 15) is 19.8 Å². The number of hydrogen-bond acceptors (Lipinski definition) is 8. The van der Waals surface area contributed by atoms with Crippen molar-refractivity contribution < 1.29 is 38.7 Å². The summed E-state index contributed by atoms with van der Waals surface area (Å²) in [5.41, 5.74) is -2.46. The number of ether oxygens (including phenoxy) is 4. The summed E-state index contributed by atoms with van der Waals surface area (Å²) in [6.07, 6.45) is 0.739. The molecule has 2 aliphatic heterocycles. The van der Waals surface area contributed by atoms with Crippen molar-refractivity contribution >= 4 is 12.2 Å². The summed E-state index contributed by atoms with van der Waals surface area (Å²) in [7, 11) is 0. The fourth-order valence-electron chi connectivity index (χ4n) is 4.44. The Morgan fingerprint density at radius 1 is 0.769 bits per heavy atom. The van der Waals surface area contributed by atoms with Crippen LogP contribution in [0.2, 0.25) is 0 Å². The molecule has 4 atom stereocenters. The molecule has 2 amide bonds. The van der Waals surface area contributed by atoms with Crippen LogP contribution in [-0.2, 0) is 18.9 Å². The van der Waals surface area contributed by atoms with Crippen LogP contribution in [0.5, 0.6) is 0 Å². The predicted octanol–water partition coefficient (Wildman–Crippen LogP) is 5.67. The number of nitrogens with zero attached hydrogens (tertiary/aromatic N) is 2. The van der Waals surface area contributed by atoms with Crippen LogP contribution in [0, 0.1) is 0 Å². The Morgan fingerprint density at radius 2 is 1.05 bits per heavy atom. The lowest BCUT2D eigenvalue weighted by molar-refractivity contribution is -0.0649. The Hall–Kier alpha value is -1.62. The predicted molar refractivity (Wildman–Crippen MR) is 152 cm³/mol. The van der Waals surface area contributed by atoms with Gasteiger partial charge in [0.15, 0.2) is 0 Å². The Labute approximate surface area is 237 Å². The molecule has 0 spiro atoms. The Kier molecular flexibility index (Phi) is 13.7. The van der Waals surface area contributed by atoms with Gasteiger partial charge in [-0.1, -0.05) is 21.3 Å². The number of carbonyl (C=O) groups is 2. The molecule has 2 rings (SSSR count). The van der Waals surface area contributed by atoms with E-state index >= 15 is 0 Å². The van der Waals surface area contributed by atoms with Crippen molar-refractivity contribution in [3.63, 3.8) is 0 Å². The minimum atomic E-state index is -0.694. The number of carbonyl (C=O) groups excluding carboxylic acids is 2. The third-order valence-electron chi connectivity index (χ3n) is 6.36. The molecule has 10 heteroatoms. The lowest BCUT2D eigenvalue weighted by Crippen LogP contribution is -2.50. The molecule has 0 aromatic rings. The van der Waals surface area contributed by atoms with E-state index in [0.29, 0.717) is 38.9 Å². The quantitative estimate of drug-likeness (QED) is 0.425.